The van der Waals surface area contributed by atoms with Crippen LogP contribution >= 0.6 is 0 Å². The minimum absolute atomic E-state index is 0.0691. The third kappa shape index (κ3) is 7.47. The van der Waals surface area contributed by atoms with Gasteiger partial charge in [0.25, 0.3) is 0 Å². The third-order valence-corrected chi connectivity index (χ3v) is 6.58. The summed E-state index contributed by atoms with van der Waals surface area (Å²) in [6.07, 6.45) is 7.40. The molecule has 3 heteroatoms. The Morgan fingerprint density at radius 3 is 2.24 bits per heavy atom. The average molecular weight is 455 g/mol. The molecule has 1 spiro atoms. The van der Waals surface area contributed by atoms with E-state index in [4.69, 9.17) is 10.00 Å². The van der Waals surface area contributed by atoms with Crippen molar-refractivity contribution in [3.8, 4) is 6.07 Å². The zero-order valence-electron chi connectivity index (χ0n) is 20.6. The number of nitrogens with one attached hydrogen (secondary N) is 1. The van der Waals surface area contributed by atoms with Crippen molar-refractivity contribution >= 4 is 5.69 Å². The summed E-state index contributed by atoms with van der Waals surface area (Å²) in [5.41, 5.74) is 3.13. The molecule has 3 nitrogen and oxygen atoms in total. The summed E-state index contributed by atoms with van der Waals surface area (Å²) >= 11 is 0. The van der Waals surface area contributed by atoms with Crippen LogP contribution in [0.25, 0.3) is 0 Å². The minimum Gasteiger partial charge on any atom is -0.385 e. The summed E-state index contributed by atoms with van der Waals surface area (Å²) in [6.45, 7) is 4.95. The molecule has 0 bridgehead atoms. The van der Waals surface area contributed by atoms with Gasteiger partial charge in [0, 0.05) is 12.2 Å². The molecule has 34 heavy (non-hydrogen) atoms. The summed E-state index contributed by atoms with van der Waals surface area (Å²) in [5, 5.41) is 12.6. The topological polar surface area (TPSA) is 45.0 Å². The molecule has 1 heterocycles. The fraction of sp³-hybridized carbons (Fsp3) is 0.387. The number of hydrogen-bond donors (Lipinski definition) is 1. The van der Waals surface area contributed by atoms with Gasteiger partial charge in [-0.15, -0.1) is 0 Å². The van der Waals surface area contributed by atoms with E-state index in [1.54, 1.807) is 0 Å². The molecule has 0 radical (unpaired) electrons. The number of anilines is 1. The summed E-state index contributed by atoms with van der Waals surface area (Å²) < 4.78 is 6.62. The number of rotatable bonds is 4. The largest absolute Gasteiger partial charge is 0.385 e. The third-order valence-electron chi connectivity index (χ3n) is 6.58. The molecule has 3 unspecified atom stereocenters. The van der Waals surface area contributed by atoms with E-state index >= 15 is 0 Å². The van der Waals surface area contributed by atoms with Crippen molar-refractivity contribution in [1.29, 1.82) is 5.26 Å². The summed E-state index contributed by atoms with van der Waals surface area (Å²) in [4.78, 5) is 0. The van der Waals surface area contributed by atoms with Crippen LogP contribution in [0.2, 0.25) is 0 Å². The molecule has 0 amide bonds. The maximum absolute atomic E-state index is 9.04. The molecule has 3 aromatic rings. The Morgan fingerprint density at radius 2 is 1.56 bits per heavy atom. The van der Waals surface area contributed by atoms with E-state index in [0.29, 0.717) is 11.5 Å². The normalized spacial score (nSPS) is 23.0. The molecule has 178 valence electrons. The molecule has 0 aromatic heterocycles. The van der Waals surface area contributed by atoms with Gasteiger partial charge < -0.3 is 10.1 Å². The molecule has 1 saturated heterocycles. The zero-order chi connectivity index (χ0) is 24.1. The van der Waals surface area contributed by atoms with Crippen LogP contribution in [0.5, 0.6) is 0 Å². The monoisotopic (exact) mass is 454 g/mol. The Hall–Kier alpha value is -3.09. The molecule has 5 rings (SSSR count). The quantitative estimate of drug-likeness (QED) is 0.432. The van der Waals surface area contributed by atoms with Crippen LogP contribution < -0.4 is 5.32 Å². The van der Waals surface area contributed by atoms with Crippen molar-refractivity contribution in [2.24, 2.45) is 5.92 Å². The van der Waals surface area contributed by atoms with Crippen molar-refractivity contribution in [3.05, 3.63) is 102 Å². The van der Waals surface area contributed by atoms with E-state index < -0.39 is 0 Å². The number of hydrogen-bond acceptors (Lipinski definition) is 3. The Balaban J connectivity index is 0.000000348. The fourth-order valence-corrected chi connectivity index (χ4v) is 5.01. The van der Waals surface area contributed by atoms with Crippen LogP contribution in [-0.2, 0) is 4.74 Å². The van der Waals surface area contributed by atoms with E-state index in [-0.39, 0.29) is 11.7 Å². The maximum Gasteiger partial charge on any atom is 0.0992 e. The molecule has 2 fully saturated rings. The highest BCUT2D eigenvalue weighted by atomic mass is 16.5. The van der Waals surface area contributed by atoms with Gasteiger partial charge in [-0.3, -0.25) is 0 Å². The van der Waals surface area contributed by atoms with Crippen molar-refractivity contribution < 1.29 is 4.74 Å². The van der Waals surface area contributed by atoms with Gasteiger partial charge in [0.1, 0.15) is 0 Å². The van der Waals surface area contributed by atoms with Crippen LogP contribution in [0.15, 0.2) is 91.0 Å². The second kappa shape index (κ2) is 13.6. The molecule has 1 aliphatic heterocycles. The van der Waals surface area contributed by atoms with Crippen molar-refractivity contribution in [3.63, 3.8) is 0 Å². The Labute approximate surface area is 205 Å². The van der Waals surface area contributed by atoms with Crippen LogP contribution in [0.4, 0.5) is 5.69 Å². The van der Waals surface area contributed by atoms with Gasteiger partial charge in [0.05, 0.1) is 23.3 Å². The first kappa shape index (κ1) is 25.5. The van der Waals surface area contributed by atoms with Crippen molar-refractivity contribution in [2.45, 2.75) is 64.1 Å². The van der Waals surface area contributed by atoms with Gasteiger partial charge in [-0.05, 0) is 61.8 Å². The highest BCUT2D eigenvalue weighted by molar-refractivity contribution is 5.49. The van der Waals surface area contributed by atoms with E-state index in [9.17, 15) is 0 Å². The van der Waals surface area contributed by atoms with Gasteiger partial charge in [-0.25, -0.2) is 0 Å². The maximum atomic E-state index is 9.04. The van der Waals surface area contributed by atoms with Gasteiger partial charge >= 0.3 is 0 Å². The molecule has 3 atom stereocenters. The first-order valence-corrected chi connectivity index (χ1v) is 12.7. The second-order valence-electron chi connectivity index (χ2n) is 8.93. The Kier molecular flexibility index (Phi) is 10.2. The van der Waals surface area contributed by atoms with Crippen LogP contribution in [0, 0.1) is 17.2 Å². The van der Waals surface area contributed by atoms with E-state index in [1.807, 2.05) is 74.5 Å². The molecular weight excluding hydrogens is 416 g/mol. The van der Waals surface area contributed by atoms with Crippen molar-refractivity contribution in [1.82, 2.24) is 0 Å². The second-order valence-corrected chi connectivity index (χ2v) is 8.93. The summed E-state index contributed by atoms with van der Waals surface area (Å²) in [6, 6.07) is 32.6. The predicted molar refractivity (Wildman–Crippen MR) is 142 cm³/mol. The minimum atomic E-state index is 0.0691. The lowest BCUT2D eigenvalue weighted by Crippen LogP contribution is -2.37. The van der Waals surface area contributed by atoms with Crippen LogP contribution in [-0.4, -0.2) is 12.1 Å². The molecular formula is C31H38N2O. The summed E-state index contributed by atoms with van der Waals surface area (Å²) in [5.74, 6) is 0.629. The van der Waals surface area contributed by atoms with Crippen molar-refractivity contribution in [2.75, 3.05) is 11.9 Å². The fourth-order valence-electron chi connectivity index (χ4n) is 5.01. The Morgan fingerprint density at radius 1 is 0.882 bits per heavy atom. The Bertz CT molecular complexity index is 972. The number of ether oxygens (including phenoxy) is 1. The van der Waals surface area contributed by atoms with Crippen LogP contribution in [0.1, 0.15) is 69.6 Å². The molecule has 2 aliphatic rings. The number of nitriles is 1. The standard InChI is InChI=1S/C23H26N2O.C6H6.C2H6/c24-16-18-6-4-10-21(14-18)25-17-19-7-5-12-23(15-19)13-11-22(26-23)20-8-2-1-3-9-20;1-2-4-6-5-3-1;1-2/h1-4,6,8-10,14,19,22,25H,5,7,11-13,15,17H2;1-6H;1-2H3. The lowest BCUT2D eigenvalue weighted by Gasteiger charge is -2.38. The smallest absolute Gasteiger partial charge is 0.0992 e. The zero-order valence-corrected chi connectivity index (χ0v) is 20.6. The predicted octanol–water partition coefficient (Wildman–Crippen LogP) is 8.16. The lowest BCUT2D eigenvalue weighted by atomic mass is 9.76. The van der Waals surface area contributed by atoms with Gasteiger partial charge in [0.15, 0.2) is 0 Å². The molecule has 1 aliphatic carbocycles. The van der Waals surface area contributed by atoms with E-state index in [0.717, 1.165) is 25.1 Å². The first-order chi connectivity index (χ1) is 16.8. The lowest BCUT2D eigenvalue weighted by molar-refractivity contribution is -0.0758. The summed E-state index contributed by atoms with van der Waals surface area (Å²) in [7, 11) is 0. The first-order valence-electron chi connectivity index (χ1n) is 12.7. The molecule has 3 aromatic carbocycles. The van der Waals surface area contributed by atoms with E-state index in [1.165, 1.54) is 31.2 Å². The van der Waals surface area contributed by atoms with E-state index in [2.05, 4.69) is 41.7 Å². The van der Waals surface area contributed by atoms with Crippen LogP contribution in [0.3, 0.4) is 0 Å². The SMILES string of the molecule is CC.N#Cc1cccc(NCC2CCCC3(CCC(c4ccccc4)O3)C2)c1.c1ccccc1. The molecule has 1 saturated carbocycles. The highest BCUT2D eigenvalue weighted by Gasteiger charge is 2.43. The number of nitrogens with zero attached hydrogens (tertiary/aromatic N) is 1. The average Bonchev–Trinajstić information content (AvgIpc) is 3.33. The van der Waals surface area contributed by atoms with Gasteiger partial charge in [-0.2, -0.15) is 5.26 Å². The van der Waals surface area contributed by atoms with Gasteiger partial charge in [0.2, 0.25) is 0 Å². The highest BCUT2D eigenvalue weighted by Crippen LogP contribution is 2.48. The number of benzene rings is 3. The van der Waals surface area contributed by atoms with Gasteiger partial charge in [-0.1, -0.05) is 93.1 Å². The molecule has 1 N–H and O–H groups in total.